The van der Waals surface area contributed by atoms with Gasteiger partial charge in [-0.3, -0.25) is 4.72 Å². The van der Waals surface area contributed by atoms with Crippen molar-refractivity contribution in [3.63, 3.8) is 0 Å². The van der Waals surface area contributed by atoms with Crippen molar-refractivity contribution >= 4 is 26.5 Å². The van der Waals surface area contributed by atoms with Gasteiger partial charge in [0.2, 0.25) is 5.13 Å². The molecule has 7 nitrogen and oxygen atoms in total. The van der Waals surface area contributed by atoms with E-state index in [-0.39, 0.29) is 28.2 Å². The highest BCUT2D eigenvalue weighted by Crippen LogP contribution is 2.25. The van der Waals surface area contributed by atoms with Crippen LogP contribution >= 0.6 is 11.3 Å². The molecule has 0 radical (unpaired) electrons. The van der Waals surface area contributed by atoms with Gasteiger partial charge in [0, 0.05) is 12.5 Å². The molecule has 0 amide bonds. The van der Waals surface area contributed by atoms with Crippen LogP contribution in [0.2, 0.25) is 0 Å². The maximum absolute atomic E-state index is 12.3. The van der Waals surface area contributed by atoms with Gasteiger partial charge in [-0.1, -0.05) is 25.2 Å². The molecule has 9 heteroatoms. The van der Waals surface area contributed by atoms with Gasteiger partial charge in [-0.15, -0.1) is 10.2 Å². The van der Waals surface area contributed by atoms with Crippen LogP contribution in [0.4, 0.5) is 5.13 Å². The van der Waals surface area contributed by atoms with Crippen molar-refractivity contribution in [1.29, 1.82) is 0 Å². The number of furan rings is 1. The number of hydrogen-bond donors (Lipinski definition) is 2. The SMILES string of the molecule is Cc1oc(CO)cc1S(=O)(=O)Nc1nnc(CC(C)C)s1. The lowest BCUT2D eigenvalue weighted by Gasteiger charge is -2.02. The molecule has 0 unspecified atom stereocenters. The Morgan fingerprint density at radius 1 is 1.43 bits per heavy atom. The van der Waals surface area contributed by atoms with Gasteiger partial charge in [0.1, 0.15) is 28.0 Å². The number of nitrogens with zero attached hydrogens (tertiary/aromatic N) is 2. The largest absolute Gasteiger partial charge is 0.462 e. The van der Waals surface area contributed by atoms with E-state index in [0.717, 1.165) is 11.4 Å². The number of sulfonamides is 1. The summed E-state index contributed by atoms with van der Waals surface area (Å²) in [6, 6.07) is 1.30. The van der Waals surface area contributed by atoms with Gasteiger partial charge in [0.25, 0.3) is 10.0 Å². The number of aliphatic hydroxyl groups is 1. The number of rotatable bonds is 6. The molecule has 2 aromatic heterocycles. The number of aliphatic hydroxyl groups excluding tert-OH is 1. The summed E-state index contributed by atoms with van der Waals surface area (Å²) in [6.45, 7) is 5.28. The predicted octanol–water partition coefficient (Wildman–Crippen LogP) is 1.93. The van der Waals surface area contributed by atoms with E-state index in [0.29, 0.717) is 5.92 Å². The molecular weight excluding hydrogens is 314 g/mol. The second-order valence-electron chi connectivity index (χ2n) is 5.00. The van der Waals surface area contributed by atoms with E-state index < -0.39 is 10.0 Å². The first-order valence-corrected chi connectivity index (χ1v) is 8.67. The molecule has 0 aliphatic heterocycles. The van der Waals surface area contributed by atoms with Crippen LogP contribution in [-0.4, -0.2) is 23.7 Å². The van der Waals surface area contributed by atoms with Crippen LogP contribution in [0, 0.1) is 12.8 Å². The van der Waals surface area contributed by atoms with Crippen molar-refractivity contribution in [3.05, 3.63) is 22.6 Å². The lowest BCUT2D eigenvalue weighted by molar-refractivity contribution is 0.245. The quantitative estimate of drug-likeness (QED) is 0.838. The van der Waals surface area contributed by atoms with E-state index in [4.69, 9.17) is 9.52 Å². The fourth-order valence-corrected chi connectivity index (χ4v) is 4.15. The molecule has 116 valence electrons. The normalized spacial score (nSPS) is 12.0. The Bertz CT molecular complexity index is 719. The van der Waals surface area contributed by atoms with E-state index in [9.17, 15) is 8.42 Å². The van der Waals surface area contributed by atoms with Crippen LogP contribution in [0.3, 0.4) is 0 Å². The first-order chi connectivity index (χ1) is 9.81. The second-order valence-corrected chi connectivity index (χ2v) is 7.71. The van der Waals surface area contributed by atoms with Gasteiger partial charge in [0.15, 0.2) is 0 Å². The zero-order valence-corrected chi connectivity index (χ0v) is 13.6. The highest BCUT2D eigenvalue weighted by Gasteiger charge is 2.23. The standard InChI is InChI=1S/C12H17N3O4S2/c1-7(2)4-11-13-14-12(20-11)15-21(17,18)10-5-9(6-16)19-8(10)3/h5,7,16H,4,6H2,1-3H3,(H,14,15). The van der Waals surface area contributed by atoms with E-state index >= 15 is 0 Å². The van der Waals surface area contributed by atoms with Gasteiger partial charge in [0.05, 0.1) is 0 Å². The molecule has 2 rings (SSSR count). The highest BCUT2D eigenvalue weighted by molar-refractivity contribution is 7.93. The van der Waals surface area contributed by atoms with Crippen molar-refractivity contribution in [3.8, 4) is 0 Å². The van der Waals surface area contributed by atoms with Crippen LogP contribution < -0.4 is 4.72 Å². The van der Waals surface area contributed by atoms with E-state index in [1.807, 2.05) is 0 Å². The molecule has 0 saturated carbocycles. The third-order valence-electron chi connectivity index (χ3n) is 2.64. The molecule has 0 aliphatic rings. The van der Waals surface area contributed by atoms with Crippen LogP contribution in [0.1, 0.15) is 30.4 Å². The topological polar surface area (TPSA) is 105 Å². The summed E-state index contributed by atoms with van der Waals surface area (Å²) >= 11 is 1.21. The molecule has 0 atom stereocenters. The number of hydrogen-bond acceptors (Lipinski definition) is 7. The fourth-order valence-electron chi connectivity index (χ4n) is 1.77. The van der Waals surface area contributed by atoms with Gasteiger partial charge in [-0.2, -0.15) is 0 Å². The number of aromatic nitrogens is 2. The average molecular weight is 331 g/mol. The van der Waals surface area contributed by atoms with Crippen molar-refractivity contribution in [1.82, 2.24) is 10.2 Å². The van der Waals surface area contributed by atoms with Crippen LogP contribution in [0.25, 0.3) is 0 Å². The molecule has 2 heterocycles. The summed E-state index contributed by atoms with van der Waals surface area (Å²) in [7, 11) is -3.80. The summed E-state index contributed by atoms with van der Waals surface area (Å²) in [5.74, 6) is 0.842. The molecule has 2 N–H and O–H groups in total. The monoisotopic (exact) mass is 331 g/mol. The van der Waals surface area contributed by atoms with E-state index in [1.165, 1.54) is 24.3 Å². The first kappa shape index (κ1) is 15.9. The molecule has 21 heavy (non-hydrogen) atoms. The Labute approximate surface area is 127 Å². The average Bonchev–Trinajstić information content (AvgIpc) is 2.95. The molecule has 0 aliphatic carbocycles. The Morgan fingerprint density at radius 2 is 2.14 bits per heavy atom. The van der Waals surface area contributed by atoms with Crippen molar-refractivity contribution < 1.29 is 17.9 Å². The minimum atomic E-state index is -3.80. The number of aryl methyl sites for hydroxylation is 1. The summed E-state index contributed by atoms with van der Waals surface area (Å²) in [4.78, 5) is -0.00726. The summed E-state index contributed by atoms with van der Waals surface area (Å²) in [5, 5.41) is 17.8. The first-order valence-electron chi connectivity index (χ1n) is 6.37. The van der Waals surface area contributed by atoms with Gasteiger partial charge in [-0.05, 0) is 12.8 Å². The van der Waals surface area contributed by atoms with Crippen molar-refractivity contribution in [2.24, 2.45) is 5.92 Å². The molecule has 0 saturated heterocycles. The fraction of sp³-hybridized carbons (Fsp3) is 0.500. The zero-order valence-electron chi connectivity index (χ0n) is 12.0. The molecular formula is C12H17N3O4S2. The molecule has 0 bridgehead atoms. The third-order valence-corrected chi connectivity index (χ3v) is 5.08. The second kappa shape index (κ2) is 6.12. The van der Waals surface area contributed by atoms with Gasteiger partial charge in [-0.25, -0.2) is 8.42 Å². The lowest BCUT2D eigenvalue weighted by Crippen LogP contribution is -2.13. The third kappa shape index (κ3) is 3.80. The molecule has 0 fully saturated rings. The smallest absolute Gasteiger partial charge is 0.267 e. The highest BCUT2D eigenvalue weighted by atomic mass is 32.2. The van der Waals surface area contributed by atoms with Crippen molar-refractivity contribution in [2.75, 3.05) is 4.72 Å². The molecule has 2 aromatic rings. The Balaban J connectivity index is 2.20. The summed E-state index contributed by atoms with van der Waals surface area (Å²) in [6.07, 6.45) is 0.749. The van der Waals surface area contributed by atoms with Crippen molar-refractivity contribution in [2.45, 2.75) is 38.7 Å². The summed E-state index contributed by atoms with van der Waals surface area (Å²) < 4.78 is 32.1. The van der Waals surface area contributed by atoms with Crippen LogP contribution in [-0.2, 0) is 23.1 Å². The summed E-state index contributed by atoms with van der Waals surface area (Å²) in [5.41, 5.74) is 0. The number of nitrogens with one attached hydrogen (secondary N) is 1. The van der Waals surface area contributed by atoms with E-state index in [1.54, 1.807) is 0 Å². The van der Waals surface area contributed by atoms with Crippen LogP contribution in [0.5, 0.6) is 0 Å². The lowest BCUT2D eigenvalue weighted by atomic mass is 10.1. The number of anilines is 1. The molecule has 0 spiro atoms. The minimum absolute atomic E-state index is 0.00726. The van der Waals surface area contributed by atoms with Crippen LogP contribution in [0.15, 0.2) is 15.4 Å². The minimum Gasteiger partial charge on any atom is -0.462 e. The Hall–Kier alpha value is -1.45. The van der Waals surface area contributed by atoms with Gasteiger partial charge < -0.3 is 9.52 Å². The molecule has 0 aromatic carbocycles. The maximum atomic E-state index is 12.3. The maximum Gasteiger partial charge on any atom is 0.267 e. The zero-order chi connectivity index (χ0) is 15.6. The van der Waals surface area contributed by atoms with E-state index in [2.05, 4.69) is 28.8 Å². The Morgan fingerprint density at radius 3 is 2.71 bits per heavy atom. The predicted molar refractivity (Wildman–Crippen MR) is 78.6 cm³/mol. The Kier molecular flexibility index (Phi) is 4.64. The van der Waals surface area contributed by atoms with Gasteiger partial charge >= 0.3 is 0 Å².